The zero-order chi connectivity index (χ0) is 15.9. The molecule has 1 rings (SSSR count). The van der Waals surface area contributed by atoms with Gasteiger partial charge in [0.25, 0.3) is 0 Å². The number of aliphatic hydroxyl groups is 1. The summed E-state index contributed by atoms with van der Waals surface area (Å²) in [6, 6.07) is 5.86. The number of aliphatic hydroxyl groups excluding tert-OH is 1. The van der Waals surface area contributed by atoms with Gasteiger partial charge in [0, 0.05) is 18.0 Å². The lowest BCUT2D eigenvalue weighted by molar-refractivity contribution is -0.105. The Bertz CT molecular complexity index is 469. The molecule has 0 aliphatic heterocycles. The monoisotopic (exact) mass is 322 g/mol. The van der Waals surface area contributed by atoms with Crippen LogP contribution in [0.2, 0.25) is 0 Å². The second kappa shape index (κ2) is 8.14. The van der Waals surface area contributed by atoms with E-state index in [-0.39, 0.29) is 13.2 Å². The minimum absolute atomic E-state index is 0.167. The van der Waals surface area contributed by atoms with Gasteiger partial charge in [0.1, 0.15) is 0 Å². The summed E-state index contributed by atoms with van der Waals surface area (Å²) in [5.41, 5.74) is 0.327. The molecule has 8 heteroatoms. The van der Waals surface area contributed by atoms with Crippen LogP contribution in [0, 0.1) is 0 Å². The van der Waals surface area contributed by atoms with Crippen molar-refractivity contribution in [3.63, 3.8) is 0 Å². The van der Waals surface area contributed by atoms with Gasteiger partial charge in [-0.2, -0.15) is 13.2 Å². The number of benzene rings is 1. The van der Waals surface area contributed by atoms with Gasteiger partial charge in [-0.15, -0.1) is 11.8 Å². The molecule has 0 atom stereocenters. The summed E-state index contributed by atoms with van der Waals surface area (Å²) in [6.45, 7) is 2.13. The van der Waals surface area contributed by atoms with E-state index >= 15 is 0 Å². The summed E-state index contributed by atoms with van der Waals surface area (Å²) in [5.74, 6) is -1.02. The molecule has 0 aromatic heterocycles. The van der Waals surface area contributed by atoms with E-state index in [0.29, 0.717) is 28.9 Å². The summed E-state index contributed by atoms with van der Waals surface area (Å²) in [5, 5.41) is 11.4. The smallest absolute Gasteiger partial charge is 0.395 e. The van der Waals surface area contributed by atoms with Crippen LogP contribution in [0.15, 0.2) is 29.2 Å². The van der Waals surface area contributed by atoms with Gasteiger partial charge < -0.3 is 15.3 Å². The molecular weight excluding hydrogens is 305 g/mol. The average molecular weight is 322 g/mol. The predicted molar refractivity (Wildman–Crippen MR) is 76.6 cm³/mol. The summed E-state index contributed by atoms with van der Waals surface area (Å²) >= 11 is 0.621. The van der Waals surface area contributed by atoms with E-state index < -0.39 is 18.0 Å². The van der Waals surface area contributed by atoms with Crippen molar-refractivity contribution in [2.24, 2.45) is 0 Å². The van der Waals surface area contributed by atoms with Gasteiger partial charge in [0.2, 0.25) is 0 Å². The van der Waals surface area contributed by atoms with Crippen LogP contribution in [0.1, 0.15) is 6.92 Å². The molecule has 0 saturated carbocycles. The first kappa shape index (κ1) is 17.6. The lowest BCUT2D eigenvalue weighted by Gasteiger charge is -2.21. The highest BCUT2D eigenvalue weighted by Gasteiger charge is 2.27. The number of likely N-dealkylation sites (N-methyl/N-ethyl adjacent to an activating group) is 1. The van der Waals surface area contributed by atoms with Crippen LogP contribution in [0.5, 0.6) is 0 Å². The normalized spacial score (nSPS) is 11.3. The number of anilines is 1. The van der Waals surface area contributed by atoms with Crippen molar-refractivity contribution in [1.82, 2.24) is 4.90 Å². The van der Waals surface area contributed by atoms with E-state index in [1.807, 2.05) is 0 Å². The standard InChI is InChI=1S/C13H17F3N2O2S/c1-2-18(7-8-19)12(20)17-10-5-3-4-6-11(10)21-9-13(14,15)16/h3-6,19H,2,7-9H2,1H3,(H,17,20). The fourth-order valence-corrected chi connectivity index (χ4v) is 2.34. The third kappa shape index (κ3) is 6.26. The van der Waals surface area contributed by atoms with Gasteiger partial charge in [0.15, 0.2) is 0 Å². The molecule has 0 radical (unpaired) electrons. The lowest BCUT2D eigenvalue weighted by Crippen LogP contribution is -2.36. The number of hydrogen-bond donors (Lipinski definition) is 2. The number of hydrogen-bond acceptors (Lipinski definition) is 3. The van der Waals surface area contributed by atoms with E-state index in [1.165, 1.54) is 11.0 Å². The van der Waals surface area contributed by atoms with Gasteiger partial charge in [-0.1, -0.05) is 12.1 Å². The van der Waals surface area contributed by atoms with Crippen LogP contribution in [0.25, 0.3) is 0 Å². The molecule has 1 aromatic carbocycles. The Balaban J connectivity index is 2.76. The molecule has 1 aromatic rings. The molecule has 0 aliphatic carbocycles. The molecular formula is C13H17F3N2O2S. The first-order valence-electron chi connectivity index (χ1n) is 6.32. The third-order valence-electron chi connectivity index (χ3n) is 2.56. The van der Waals surface area contributed by atoms with Crippen LogP contribution in [-0.4, -0.2) is 47.7 Å². The Morgan fingerprint density at radius 3 is 2.62 bits per heavy atom. The number of carbonyl (C=O) groups excluding carboxylic acids is 1. The highest BCUT2D eigenvalue weighted by molar-refractivity contribution is 7.99. The number of thioether (sulfide) groups is 1. The molecule has 0 bridgehead atoms. The molecule has 4 nitrogen and oxygen atoms in total. The average Bonchev–Trinajstić information content (AvgIpc) is 2.42. The maximum absolute atomic E-state index is 12.3. The molecule has 2 amide bonds. The van der Waals surface area contributed by atoms with Gasteiger partial charge in [-0.25, -0.2) is 4.79 Å². The van der Waals surface area contributed by atoms with E-state index in [2.05, 4.69) is 5.32 Å². The van der Waals surface area contributed by atoms with Crippen molar-refractivity contribution in [1.29, 1.82) is 0 Å². The quantitative estimate of drug-likeness (QED) is 0.791. The summed E-state index contributed by atoms with van der Waals surface area (Å²) < 4.78 is 36.8. The highest BCUT2D eigenvalue weighted by Crippen LogP contribution is 2.32. The zero-order valence-corrected chi connectivity index (χ0v) is 12.3. The molecule has 118 valence electrons. The molecule has 2 N–H and O–H groups in total. The van der Waals surface area contributed by atoms with Gasteiger partial charge in [-0.05, 0) is 19.1 Å². The van der Waals surface area contributed by atoms with Crippen molar-refractivity contribution < 1.29 is 23.1 Å². The largest absolute Gasteiger partial charge is 0.398 e. The van der Waals surface area contributed by atoms with Crippen molar-refractivity contribution in [2.45, 2.75) is 18.0 Å². The number of alkyl halides is 3. The second-order valence-corrected chi connectivity index (χ2v) is 5.15. The Kier molecular flexibility index (Phi) is 6.83. The lowest BCUT2D eigenvalue weighted by atomic mass is 10.3. The maximum Gasteiger partial charge on any atom is 0.398 e. The molecule has 0 unspecified atom stereocenters. The highest BCUT2D eigenvalue weighted by atomic mass is 32.2. The Morgan fingerprint density at radius 2 is 2.05 bits per heavy atom. The minimum atomic E-state index is -4.27. The van der Waals surface area contributed by atoms with E-state index in [1.54, 1.807) is 25.1 Å². The minimum Gasteiger partial charge on any atom is -0.395 e. The molecule has 0 spiro atoms. The van der Waals surface area contributed by atoms with E-state index in [0.717, 1.165) is 0 Å². The van der Waals surface area contributed by atoms with E-state index in [9.17, 15) is 18.0 Å². The van der Waals surface area contributed by atoms with Crippen LogP contribution in [-0.2, 0) is 0 Å². The molecule has 0 saturated heterocycles. The Hall–Kier alpha value is -1.41. The summed E-state index contributed by atoms with van der Waals surface area (Å²) in [6.07, 6.45) is -4.27. The van der Waals surface area contributed by atoms with Crippen molar-refractivity contribution in [2.75, 3.05) is 30.8 Å². The maximum atomic E-state index is 12.3. The first-order chi connectivity index (χ1) is 9.87. The number of halogens is 3. The number of para-hydroxylation sites is 1. The van der Waals surface area contributed by atoms with Crippen LogP contribution < -0.4 is 5.32 Å². The number of nitrogens with one attached hydrogen (secondary N) is 1. The third-order valence-corrected chi connectivity index (χ3v) is 3.70. The topological polar surface area (TPSA) is 52.6 Å². The Morgan fingerprint density at radius 1 is 1.38 bits per heavy atom. The predicted octanol–water partition coefficient (Wildman–Crippen LogP) is 3.19. The number of urea groups is 1. The number of nitrogens with zero attached hydrogens (tertiary/aromatic N) is 1. The summed E-state index contributed by atoms with van der Waals surface area (Å²) in [7, 11) is 0. The first-order valence-corrected chi connectivity index (χ1v) is 7.31. The van der Waals surface area contributed by atoms with Gasteiger partial charge in [0.05, 0.1) is 18.0 Å². The van der Waals surface area contributed by atoms with Crippen molar-refractivity contribution in [3.05, 3.63) is 24.3 Å². The van der Waals surface area contributed by atoms with E-state index in [4.69, 9.17) is 5.11 Å². The fraction of sp³-hybridized carbons (Fsp3) is 0.462. The fourth-order valence-electron chi connectivity index (χ4n) is 1.57. The van der Waals surface area contributed by atoms with Gasteiger partial charge >= 0.3 is 12.2 Å². The van der Waals surface area contributed by atoms with Crippen molar-refractivity contribution in [3.8, 4) is 0 Å². The molecule has 21 heavy (non-hydrogen) atoms. The zero-order valence-electron chi connectivity index (χ0n) is 11.5. The van der Waals surface area contributed by atoms with Crippen LogP contribution in [0.3, 0.4) is 0 Å². The van der Waals surface area contributed by atoms with Crippen molar-refractivity contribution >= 4 is 23.5 Å². The van der Waals surface area contributed by atoms with Gasteiger partial charge in [-0.3, -0.25) is 0 Å². The number of carbonyl (C=O) groups is 1. The van der Waals surface area contributed by atoms with Crippen LogP contribution in [0.4, 0.5) is 23.7 Å². The van der Waals surface area contributed by atoms with Crippen LogP contribution >= 0.6 is 11.8 Å². The Labute approximate surface area is 125 Å². The molecule has 0 heterocycles. The number of rotatable bonds is 6. The molecule has 0 fully saturated rings. The summed E-state index contributed by atoms with van der Waals surface area (Å²) in [4.78, 5) is 13.7. The second-order valence-electron chi connectivity index (χ2n) is 4.13. The SMILES string of the molecule is CCN(CCO)C(=O)Nc1ccccc1SCC(F)(F)F. The molecule has 0 aliphatic rings. The number of amides is 2.